The molecule has 19 heavy (non-hydrogen) atoms. The van der Waals surface area contributed by atoms with Crippen LogP contribution in [0.15, 0.2) is 0 Å². The fraction of sp³-hybridized carbons (Fsp3) is 0.833. The second-order valence-corrected chi connectivity index (χ2v) is 7.27. The number of aldehydes is 1. The zero-order valence-electron chi connectivity index (χ0n) is 12.1. The molecule has 1 amide bonds. The molecule has 2 atom stereocenters. The van der Waals surface area contributed by atoms with Gasteiger partial charge in [0.25, 0.3) is 0 Å². The molecule has 0 aromatic carbocycles. The Labute approximate surface area is 115 Å². The summed E-state index contributed by atoms with van der Waals surface area (Å²) in [4.78, 5) is 22.9. The molecule has 0 aliphatic carbocycles. The van der Waals surface area contributed by atoms with Gasteiger partial charge in [-0.3, -0.25) is 4.79 Å². The van der Waals surface area contributed by atoms with Crippen LogP contribution in [0.3, 0.4) is 0 Å². The normalized spacial score (nSPS) is 15.3. The molecule has 0 aromatic heterocycles. The van der Waals surface area contributed by atoms with E-state index in [4.69, 9.17) is 0 Å². The van der Waals surface area contributed by atoms with Crippen molar-refractivity contribution in [3.63, 3.8) is 0 Å². The number of carbonyl (C=O) groups excluding carboxylic acids is 2. The lowest BCUT2D eigenvalue weighted by molar-refractivity contribution is -0.126. The van der Waals surface area contributed by atoms with Gasteiger partial charge in [0.2, 0.25) is 15.9 Å². The van der Waals surface area contributed by atoms with Crippen molar-refractivity contribution in [1.82, 2.24) is 10.0 Å². The third-order valence-electron chi connectivity index (χ3n) is 2.51. The van der Waals surface area contributed by atoms with Gasteiger partial charge >= 0.3 is 0 Å². The maximum absolute atomic E-state index is 12.0. The fourth-order valence-electron chi connectivity index (χ4n) is 1.65. The number of rotatable bonds is 8. The number of sulfonamides is 1. The van der Waals surface area contributed by atoms with E-state index in [0.717, 1.165) is 6.26 Å². The fourth-order valence-corrected chi connectivity index (χ4v) is 2.49. The van der Waals surface area contributed by atoms with Crippen LogP contribution < -0.4 is 10.0 Å². The average molecular weight is 292 g/mol. The molecule has 2 N–H and O–H groups in total. The summed E-state index contributed by atoms with van der Waals surface area (Å²) in [6.45, 7) is 7.36. The highest BCUT2D eigenvalue weighted by molar-refractivity contribution is 7.88. The lowest BCUT2D eigenvalue weighted by atomic mass is 10.0. The number of nitrogens with one attached hydrogen (secondary N) is 2. The van der Waals surface area contributed by atoms with Gasteiger partial charge in [0.15, 0.2) is 0 Å². The molecular weight excluding hydrogens is 268 g/mol. The topological polar surface area (TPSA) is 92.3 Å². The van der Waals surface area contributed by atoms with Crippen molar-refractivity contribution in [3.8, 4) is 0 Å². The van der Waals surface area contributed by atoms with Gasteiger partial charge in [0, 0.05) is 0 Å². The summed E-state index contributed by atoms with van der Waals surface area (Å²) >= 11 is 0. The molecule has 6 nitrogen and oxygen atoms in total. The molecule has 0 fully saturated rings. The van der Waals surface area contributed by atoms with Crippen molar-refractivity contribution in [2.24, 2.45) is 11.8 Å². The van der Waals surface area contributed by atoms with E-state index in [9.17, 15) is 18.0 Å². The van der Waals surface area contributed by atoms with E-state index in [0.29, 0.717) is 12.7 Å². The maximum atomic E-state index is 12.0. The molecule has 0 saturated carbocycles. The van der Waals surface area contributed by atoms with Crippen LogP contribution in [0.2, 0.25) is 0 Å². The number of amides is 1. The third-order valence-corrected chi connectivity index (χ3v) is 3.19. The first-order chi connectivity index (χ1) is 8.56. The molecule has 0 heterocycles. The monoisotopic (exact) mass is 292 g/mol. The minimum absolute atomic E-state index is 0.207. The van der Waals surface area contributed by atoms with E-state index in [-0.39, 0.29) is 11.8 Å². The van der Waals surface area contributed by atoms with Gasteiger partial charge in [-0.15, -0.1) is 0 Å². The van der Waals surface area contributed by atoms with Crippen molar-refractivity contribution in [2.45, 2.75) is 46.2 Å². The summed E-state index contributed by atoms with van der Waals surface area (Å²) in [7, 11) is -3.48. The Bertz CT molecular complexity index is 404. The lowest BCUT2D eigenvalue weighted by Gasteiger charge is -2.23. The Morgan fingerprint density at radius 1 is 1.21 bits per heavy atom. The summed E-state index contributed by atoms with van der Waals surface area (Å²) in [5.41, 5.74) is 0. The first kappa shape index (κ1) is 18.0. The second-order valence-electron chi connectivity index (χ2n) is 5.49. The highest BCUT2D eigenvalue weighted by atomic mass is 32.2. The standard InChI is InChI=1S/C12H24N2O4S/c1-8(2)6-10(7-15)13-12(16)11(9(3)4)14-19(5,17)18/h7-11,14H,6H2,1-5H3,(H,13,16)/t10-,11+/m1/s1. The highest BCUT2D eigenvalue weighted by Gasteiger charge is 2.27. The Hall–Kier alpha value is -0.950. The van der Waals surface area contributed by atoms with Gasteiger partial charge in [-0.25, -0.2) is 13.1 Å². The van der Waals surface area contributed by atoms with Crippen LogP contribution in [0.4, 0.5) is 0 Å². The van der Waals surface area contributed by atoms with Gasteiger partial charge in [-0.05, 0) is 18.3 Å². The van der Waals surface area contributed by atoms with Crippen LogP contribution in [-0.4, -0.2) is 39.0 Å². The van der Waals surface area contributed by atoms with Crippen LogP contribution >= 0.6 is 0 Å². The predicted octanol–water partition coefficient (Wildman–Crippen LogP) is 0.290. The van der Waals surface area contributed by atoms with E-state index < -0.39 is 28.0 Å². The van der Waals surface area contributed by atoms with Gasteiger partial charge in [-0.2, -0.15) is 0 Å². The number of carbonyl (C=O) groups is 2. The molecule has 0 radical (unpaired) electrons. The van der Waals surface area contributed by atoms with E-state index >= 15 is 0 Å². The first-order valence-corrected chi connectivity index (χ1v) is 8.19. The Morgan fingerprint density at radius 3 is 2.05 bits per heavy atom. The van der Waals surface area contributed by atoms with Gasteiger partial charge < -0.3 is 10.1 Å². The molecule has 0 aliphatic heterocycles. The van der Waals surface area contributed by atoms with Gasteiger partial charge in [0.1, 0.15) is 12.3 Å². The van der Waals surface area contributed by atoms with Crippen LogP contribution in [0.1, 0.15) is 34.1 Å². The molecule has 112 valence electrons. The Kier molecular flexibility index (Phi) is 7.21. The molecular formula is C12H24N2O4S. The molecule has 0 spiro atoms. The summed E-state index contributed by atoms with van der Waals surface area (Å²) in [6, 6.07) is -1.46. The number of hydrogen-bond acceptors (Lipinski definition) is 4. The van der Waals surface area contributed by atoms with Crippen molar-refractivity contribution < 1.29 is 18.0 Å². The lowest BCUT2D eigenvalue weighted by Crippen LogP contribution is -2.52. The maximum Gasteiger partial charge on any atom is 0.239 e. The van der Waals surface area contributed by atoms with Crippen LogP contribution in [-0.2, 0) is 19.6 Å². The Balaban J connectivity index is 4.77. The van der Waals surface area contributed by atoms with Crippen molar-refractivity contribution in [2.75, 3.05) is 6.26 Å². The molecule has 0 bridgehead atoms. The highest BCUT2D eigenvalue weighted by Crippen LogP contribution is 2.06. The summed E-state index contributed by atoms with van der Waals surface area (Å²) < 4.78 is 24.7. The van der Waals surface area contributed by atoms with Crippen LogP contribution in [0, 0.1) is 11.8 Å². The smallest absolute Gasteiger partial charge is 0.239 e. The minimum Gasteiger partial charge on any atom is -0.345 e. The van der Waals surface area contributed by atoms with Crippen LogP contribution in [0.25, 0.3) is 0 Å². The molecule has 0 saturated heterocycles. The largest absolute Gasteiger partial charge is 0.345 e. The quantitative estimate of drug-likeness (QED) is 0.629. The third kappa shape index (κ3) is 7.94. The van der Waals surface area contributed by atoms with E-state index in [1.807, 2.05) is 13.8 Å². The van der Waals surface area contributed by atoms with Gasteiger partial charge in [-0.1, -0.05) is 27.7 Å². The van der Waals surface area contributed by atoms with Gasteiger partial charge in [0.05, 0.1) is 12.3 Å². The van der Waals surface area contributed by atoms with E-state index in [1.54, 1.807) is 13.8 Å². The summed E-state index contributed by atoms with van der Waals surface area (Å²) in [5, 5.41) is 2.57. The zero-order valence-corrected chi connectivity index (χ0v) is 13.0. The molecule has 0 rings (SSSR count). The molecule has 7 heteroatoms. The van der Waals surface area contributed by atoms with Crippen molar-refractivity contribution >= 4 is 22.2 Å². The van der Waals surface area contributed by atoms with E-state index in [2.05, 4.69) is 10.0 Å². The average Bonchev–Trinajstić information content (AvgIpc) is 2.22. The zero-order chi connectivity index (χ0) is 15.2. The minimum atomic E-state index is -3.48. The molecule has 0 unspecified atom stereocenters. The van der Waals surface area contributed by atoms with Crippen molar-refractivity contribution in [1.29, 1.82) is 0 Å². The first-order valence-electron chi connectivity index (χ1n) is 6.29. The predicted molar refractivity (Wildman–Crippen MR) is 74.1 cm³/mol. The number of hydrogen-bond donors (Lipinski definition) is 2. The second kappa shape index (κ2) is 7.59. The molecule has 0 aromatic rings. The van der Waals surface area contributed by atoms with Crippen LogP contribution in [0.5, 0.6) is 0 Å². The summed E-state index contributed by atoms with van der Waals surface area (Å²) in [5.74, 6) is -0.421. The van der Waals surface area contributed by atoms with E-state index in [1.165, 1.54) is 0 Å². The van der Waals surface area contributed by atoms with Crippen molar-refractivity contribution in [3.05, 3.63) is 0 Å². The Morgan fingerprint density at radius 2 is 1.74 bits per heavy atom. The summed E-state index contributed by atoms with van der Waals surface area (Å²) in [6.07, 6.45) is 2.20. The molecule has 0 aliphatic rings. The SMILES string of the molecule is CC(C)C[C@H](C=O)NC(=O)[C@@H](NS(C)(=O)=O)C(C)C.